The molecule has 2 aliphatic heterocycles. The average molecular weight is 931 g/mol. The van der Waals surface area contributed by atoms with Gasteiger partial charge in [-0.15, -0.1) is 6.58 Å². The molecule has 1 amide bonds. The van der Waals surface area contributed by atoms with Crippen LogP contribution in [0, 0.1) is 23.7 Å². The van der Waals surface area contributed by atoms with Gasteiger partial charge in [0.15, 0.2) is 11.5 Å². The first-order chi connectivity index (χ1) is 34.0. The molecule has 2 N–H and O–H groups in total. The van der Waals surface area contributed by atoms with Gasteiger partial charge in [-0.3, -0.25) is 4.79 Å². The van der Waals surface area contributed by atoms with Gasteiger partial charge in [-0.05, 0) is 121 Å². The van der Waals surface area contributed by atoms with Gasteiger partial charge in [-0.1, -0.05) is 109 Å². The van der Waals surface area contributed by atoms with Crippen molar-refractivity contribution in [2.75, 3.05) is 26.6 Å². The second kappa shape index (κ2) is 21.1. The summed E-state index contributed by atoms with van der Waals surface area (Å²) in [7, 11) is 0. The topological polar surface area (TPSA) is 129 Å². The van der Waals surface area contributed by atoms with Crippen LogP contribution in [-0.4, -0.2) is 65.2 Å². The number of oxime groups is 1. The Hall–Kier alpha value is -6.40. The van der Waals surface area contributed by atoms with Crippen molar-refractivity contribution >= 4 is 11.6 Å². The summed E-state index contributed by atoms with van der Waals surface area (Å²) in [6.45, 7) is 5.19. The molecule has 2 heterocycles. The summed E-state index contributed by atoms with van der Waals surface area (Å²) >= 11 is 0. The van der Waals surface area contributed by atoms with Crippen molar-refractivity contribution in [1.82, 2.24) is 4.90 Å². The largest absolute Gasteiger partial charge is 0.459 e. The standard InChI is InChI=1S/C58H62N2O9/c1-2-31-66-58-54(60(57(63)43-20-21-43)36-40-19-27-52-53(32-40)65-38-64-52)35-50(59-67-37-39-13-5-3-6-14-39)48-33-44(17-9-11-29-61)47(18-10-12-30-62)55(56(48)58)49-34-46(26-28-51(49)69-58)68-45-24-22-42(23-25-45)41-15-7-4-8-16-41/h2-8,13-16,19,22-28,32-34,43-44,47,54-56,61-62H,1,9-12,17-18,20-21,29-31,35-38H2. The van der Waals surface area contributed by atoms with Crippen LogP contribution >= 0.6 is 0 Å². The van der Waals surface area contributed by atoms with Gasteiger partial charge in [0.05, 0.1) is 18.2 Å². The fourth-order valence-corrected chi connectivity index (χ4v) is 11.1. The van der Waals surface area contributed by atoms with Crippen molar-refractivity contribution in [2.45, 2.75) is 88.7 Å². The lowest BCUT2D eigenvalue weighted by Gasteiger charge is -2.60. The van der Waals surface area contributed by atoms with Crippen LogP contribution < -0.4 is 18.9 Å². The van der Waals surface area contributed by atoms with Gasteiger partial charge in [0.1, 0.15) is 29.9 Å². The highest BCUT2D eigenvalue weighted by molar-refractivity contribution is 6.03. The van der Waals surface area contributed by atoms with E-state index < -0.39 is 17.7 Å². The van der Waals surface area contributed by atoms with Crippen molar-refractivity contribution in [2.24, 2.45) is 28.8 Å². The summed E-state index contributed by atoms with van der Waals surface area (Å²) in [5, 5.41) is 25.2. The van der Waals surface area contributed by atoms with Gasteiger partial charge in [0.2, 0.25) is 18.5 Å². The molecule has 2 saturated carbocycles. The molecule has 5 aromatic rings. The molecular weight excluding hydrogens is 869 g/mol. The molecule has 0 aromatic heterocycles. The number of carbonyl (C=O) groups excluding carboxylic acids is 1. The molecule has 358 valence electrons. The van der Waals surface area contributed by atoms with Crippen LogP contribution in [0.15, 0.2) is 151 Å². The first-order valence-corrected chi connectivity index (χ1v) is 24.7. The van der Waals surface area contributed by atoms with E-state index in [-0.39, 0.29) is 69.3 Å². The number of benzene rings is 5. The number of carbonyl (C=O) groups is 1. The number of rotatable bonds is 21. The maximum Gasteiger partial charge on any atom is 0.239 e. The number of amides is 1. The molecule has 6 atom stereocenters. The summed E-state index contributed by atoms with van der Waals surface area (Å²) in [5.74, 6) is 1.39. The van der Waals surface area contributed by atoms with E-state index in [1.54, 1.807) is 6.08 Å². The number of unbranched alkanes of at least 4 members (excludes halogenated alkanes) is 2. The normalized spacial score (nSPS) is 23.5. The molecule has 5 aromatic carbocycles. The lowest BCUT2D eigenvalue weighted by molar-refractivity contribution is -0.258. The Morgan fingerprint density at radius 2 is 1.49 bits per heavy atom. The van der Waals surface area contributed by atoms with E-state index in [0.29, 0.717) is 48.0 Å². The highest BCUT2D eigenvalue weighted by Gasteiger charge is 2.66. The van der Waals surface area contributed by atoms with Crippen LogP contribution in [0.4, 0.5) is 0 Å². The van der Waals surface area contributed by atoms with Crippen molar-refractivity contribution in [3.63, 3.8) is 0 Å². The lowest BCUT2D eigenvalue weighted by atomic mass is 9.55. The van der Waals surface area contributed by atoms with Gasteiger partial charge in [0.25, 0.3) is 0 Å². The Bertz CT molecular complexity index is 2630. The lowest BCUT2D eigenvalue weighted by Crippen LogP contribution is -2.70. The molecule has 0 bridgehead atoms. The van der Waals surface area contributed by atoms with Gasteiger partial charge in [-0.25, -0.2) is 0 Å². The van der Waals surface area contributed by atoms with Crippen LogP contribution in [0.5, 0.6) is 28.7 Å². The maximum atomic E-state index is 15.1. The van der Waals surface area contributed by atoms with E-state index >= 15 is 4.79 Å². The Kier molecular flexibility index (Phi) is 14.2. The number of nitrogens with zero attached hydrogens (tertiary/aromatic N) is 2. The minimum atomic E-state index is -1.39. The van der Waals surface area contributed by atoms with E-state index in [1.165, 1.54) is 0 Å². The molecule has 2 fully saturated rings. The highest BCUT2D eigenvalue weighted by atomic mass is 16.7. The van der Waals surface area contributed by atoms with E-state index in [2.05, 4.69) is 43.0 Å². The Morgan fingerprint density at radius 3 is 2.25 bits per heavy atom. The minimum Gasteiger partial charge on any atom is -0.459 e. The Labute approximate surface area is 405 Å². The third kappa shape index (κ3) is 9.91. The number of fused-ring (bicyclic) bond motifs is 3. The Morgan fingerprint density at radius 1 is 0.783 bits per heavy atom. The monoisotopic (exact) mass is 930 g/mol. The predicted octanol–water partition coefficient (Wildman–Crippen LogP) is 11.1. The molecule has 11 nitrogen and oxygen atoms in total. The van der Waals surface area contributed by atoms with Crippen LogP contribution in [-0.2, 0) is 27.5 Å². The van der Waals surface area contributed by atoms with Crippen molar-refractivity contribution in [3.8, 4) is 39.9 Å². The molecule has 0 saturated heterocycles. The molecule has 0 radical (unpaired) electrons. The predicted molar refractivity (Wildman–Crippen MR) is 264 cm³/mol. The van der Waals surface area contributed by atoms with Crippen LogP contribution in [0.2, 0.25) is 0 Å². The van der Waals surface area contributed by atoms with Crippen LogP contribution in [0.1, 0.15) is 80.4 Å². The van der Waals surface area contributed by atoms with E-state index in [9.17, 15) is 10.2 Å². The molecular formula is C58H62N2O9. The average Bonchev–Trinajstić information content (AvgIpc) is 4.13. The molecule has 11 heteroatoms. The first-order valence-electron chi connectivity index (χ1n) is 24.7. The molecule has 69 heavy (non-hydrogen) atoms. The zero-order chi connectivity index (χ0) is 47.2. The molecule has 5 aliphatic rings. The maximum absolute atomic E-state index is 15.1. The van der Waals surface area contributed by atoms with E-state index in [4.69, 9.17) is 33.7 Å². The summed E-state index contributed by atoms with van der Waals surface area (Å²) in [4.78, 5) is 23.4. The number of aliphatic hydroxyl groups is 2. The summed E-state index contributed by atoms with van der Waals surface area (Å²) < 4.78 is 33.0. The quantitative estimate of drug-likeness (QED) is 0.0420. The van der Waals surface area contributed by atoms with Crippen molar-refractivity contribution in [1.29, 1.82) is 0 Å². The SMILES string of the molecule is C=CCOC12Oc3ccc(Oc4ccc(-c5ccccc5)cc4)cc3C3C(CCCCO)C(CCCCO)C=C(C(=NOCc4ccccc4)CC1N(Cc1ccc4c(c1)OCO4)C(=O)C1CC1)C32. The zero-order valence-electron chi connectivity index (χ0n) is 39.1. The van der Waals surface area contributed by atoms with Crippen molar-refractivity contribution < 1.29 is 43.5 Å². The van der Waals surface area contributed by atoms with Gasteiger partial charge in [-0.2, -0.15) is 0 Å². The zero-order valence-corrected chi connectivity index (χ0v) is 39.1. The number of hydrogen-bond donors (Lipinski definition) is 2. The molecule has 6 unspecified atom stereocenters. The number of ether oxygens (including phenoxy) is 5. The van der Waals surface area contributed by atoms with Gasteiger partial charge in [0, 0.05) is 43.6 Å². The Balaban J connectivity index is 1.13. The van der Waals surface area contributed by atoms with Crippen LogP contribution in [0.25, 0.3) is 11.1 Å². The minimum absolute atomic E-state index is 0.0430. The number of hydrogen-bond acceptors (Lipinski definition) is 10. The number of aliphatic hydroxyl groups excluding tert-OH is 2. The van der Waals surface area contributed by atoms with Crippen LogP contribution in [0.3, 0.4) is 0 Å². The summed E-state index contributed by atoms with van der Waals surface area (Å²) in [5.41, 5.74) is 6.84. The molecule has 0 spiro atoms. The smallest absolute Gasteiger partial charge is 0.239 e. The fraction of sp³-hybridized carbons (Fsp3) is 0.379. The summed E-state index contributed by atoms with van der Waals surface area (Å²) in [6.07, 6.45) is 10.7. The number of allylic oxidation sites excluding steroid dienone is 1. The first kappa shape index (κ1) is 46.3. The summed E-state index contributed by atoms with van der Waals surface area (Å²) in [6, 6.07) is 39.7. The van der Waals surface area contributed by atoms with Gasteiger partial charge >= 0.3 is 0 Å². The second-order valence-electron chi connectivity index (χ2n) is 19.0. The van der Waals surface area contributed by atoms with Crippen molar-refractivity contribution in [3.05, 3.63) is 162 Å². The molecule has 3 aliphatic carbocycles. The fourth-order valence-electron chi connectivity index (χ4n) is 11.1. The van der Waals surface area contributed by atoms with Gasteiger partial charge < -0.3 is 43.6 Å². The molecule has 10 rings (SSSR count). The van der Waals surface area contributed by atoms with E-state index in [0.717, 1.165) is 77.6 Å². The second-order valence-corrected chi connectivity index (χ2v) is 19.0. The third-order valence-corrected chi connectivity index (χ3v) is 14.5. The highest BCUT2D eigenvalue weighted by Crippen LogP contribution is 2.62. The third-order valence-electron chi connectivity index (χ3n) is 14.5. The van der Waals surface area contributed by atoms with E-state index in [1.807, 2.05) is 95.9 Å².